The molecule has 2 aromatic heterocycles. The first-order valence-electron chi connectivity index (χ1n) is 9.47. The number of carbonyl (C=O) groups is 1. The number of hydrogen-bond acceptors (Lipinski definition) is 6. The summed E-state index contributed by atoms with van der Waals surface area (Å²) < 4.78 is 6.91. The normalized spacial score (nSPS) is 10.7. The molecule has 0 aliphatic rings. The number of rotatable bonds is 6. The largest absolute Gasteiger partial charge is 0.465 e. The van der Waals surface area contributed by atoms with E-state index in [-0.39, 0.29) is 0 Å². The summed E-state index contributed by atoms with van der Waals surface area (Å²) in [5.41, 5.74) is 14.7. The molecule has 0 spiro atoms. The lowest BCUT2D eigenvalue weighted by molar-refractivity contribution is 0.0601. The molecule has 0 aliphatic carbocycles. The van der Waals surface area contributed by atoms with E-state index in [0.717, 1.165) is 36.0 Å². The molecule has 2 heterocycles. The van der Waals surface area contributed by atoms with E-state index in [0.29, 0.717) is 35.5 Å². The van der Waals surface area contributed by atoms with Crippen molar-refractivity contribution >= 4 is 33.7 Å². The molecule has 0 radical (unpaired) electrons. The molecule has 146 valence electrons. The zero-order valence-electron chi connectivity index (χ0n) is 16.6. The van der Waals surface area contributed by atoms with E-state index >= 15 is 0 Å². The van der Waals surface area contributed by atoms with Gasteiger partial charge in [-0.25, -0.2) is 14.8 Å². The van der Waals surface area contributed by atoms with E-state index in [1.165, 1.54) is 7.11 Å². The molecule has 0 unspecified atom stereocenters. The van der Waals surface area contributed by atoms with Crippen LogP contribution >= 0.6 is 0 Å². The number of nitrogen functional groups attached to an aromatic ring is 1. The molecule has 3 rings (SSSR count). The number of fused-ring (bicyclic) bond motifs is 3. The van der Waals surface area contributed by atoms with Crippen LogP contribution in [0.25, 0.3) is 21.9 Å². The number of esters is 1. The van der Waals surface area contributed by atoms with Gasteiger partial charge in [-0.3, -0.25) is 0 Å². The lowest BCUT2D eigenvalue weighted by Crippen LogP contribution is -2.13. The smallest absolute Gasteiger partial charge is 0.337 e. The third-order valence-electron chi connectivity index (χ3n) is 4.31. The van der Waals surface area contributed by atoms with Gasteiger partial charge in [-0.1, -0.05) is 27.2 Å². The third-order valence-corrected chi connectivity index (χ3v) is 4.31. The summed E-state index contributed by atoms with van der Waals surface area (Å²) in [6, 6.07) is 5.30. The van der Waals surface area contributed by atoms with Gasteiger partial charge >= 0.3 is 5.97 Å². The van der Waals surface area contributed by atoms with Gasteiger partial charge in [0.25, 0.3) is 0 Å². The number of nitrogens with zero attached hydrogens (tertiary/aromatic N) is 3. The molecule has 0 fully saturated rings. The Morgan fingerprint density at radius 2 is 2.00 bits per heavy atom. The summed E-state index contributed by atoms with van der Waals surface area (Å²) in [7, 11) is 1.36. The maximum atomic E-state index is 11.8. The van der Waals surface area contributed by atoms with Crippen LogP contribution < -0.4 is 11.5 Å². The highest BCUT2D eigenvalue weighted by Crippen LogP contribution is 2.30. The first-order chi connectivity index (χ1) is 13.1. The molecule has 0 saturated carbocycles. The first kappa shape index (κ1) is 20.6. The van der Waals surface area contributed by atoms with Crippen LogP contribution in [-0.2, 0) is 17.7 Å². The Bertz CT molecular complexity index is 933. The molecule has 3 aromatic rings. The molecule has 0 atom stereocenters. The predicted octanol–water partition coefficient (Wildman–Crippen LogP) is 3.28. The number of hydrogen-bond donors (Lipinski definition) is 2. The van der Waals surface area contributed by atoms with Crippen molar-refractivity contribution in [2.75, 3.05) is 19.4 Å². The Morgan fingerprint density at radius 3 is 2.63 bits per heavy atom. The van der Waals surface area contributed by atoms with Crippen molar-refractivity contribution in [1.82, 2.24) is 14.5 Å². The van der Waals surface area contributed by atoms with E-state index < -0.39 is 5.97 Å². The number of nitrogens with two attached hydrogens (primary N) is 2. The second-order valence-electron chi connectivity index (χ2n) is 5.99. The average Bonchev–Trinajstić information content (AvgIpc) is 3.06. The molecule has 0 amide bonds. The minimum absolute atomic E-state index is 0.359. The lowest BCUT2D eigenvalue weighted by atomic mass is 10.1. The number of methoxy groups -OCH3 is 1. The summed E-state index contributed by atoms with van der Waals surface area (Å²) in [5.74, 6) is 0.930. The van der Waals surface area contributed by atoms with Crippen molar-refractivity contribution in [3.8, 4) is 0 Å². The Morgan fingerprint density at radius 1 is 1.26 bits per heavy atom. The first-order valence-corrected chi connectivity index (χ1v) is 9.47. The van der Waals surface area contributed by atoms with Crippen molar-refractivity contribution in [2.45, 2.75) is 46.6 Å². The molecule has 27 heavy (non-hydrogen) atoms. The van der Waals surface area contributed by atoms with Crippen molar-refractivity contribution in [1.29, 1.82) is 0 Å². The minimum atomic E-state index is -0.401. The van der Waals surface area contributed by atoms with Gasteiger partial charge in [-0.05, 0) is 24.6 Å². The van der Waals surface area contributed by atoms with Crippen LogP contribution in [0, 0.1) is 0 Å². The molecule has 0 bridgehead atoms. The topological polar surface area (TPSA) is 109 Å². The second-order valence-corrected chi connectivity index (χ2v) is 5.99. The number of unbranched alkanes of at least 4 members (excludes halogenated alkanes) is 1. The predicted molar refractivity (Wildman–Crippen MR) is 110 cm³/mol. The number of ether oxygens (including phenoxy) is 1. The molecule has 0 saturated heterocycles. The van der Waals surface area contributed by atoms with Crippen LogP contribution in [0.3, 0.4) is 0 Å². The van der Waals surface area contributed by atoms with E-state index in [4.69, 9.17) is 21.2 Å². The quantitative estimate of drug-likeness (QED) is 0.644. The van der Waals surface area contributed by atoms with Gasteiger partial charge < -0.3 is 20.8 Å². The third kappa shape index (κ3) is 4.03. The highest BCUT2D eigenvalue weighted by Gasteiger charge is 2.18. The number of imidazole rings is 1. The fraction of sp³-hybridized carbons (Fsp3) is 0.450. The van der Waals surface area contributed by atoms with Gasteiger partial charge in [-0.2, -0.15) is 0 Å². The van der Waals surface area contributed by atoms with Gasteiger partial charge in [0.1, 0.15) is 11.3 Å². The zero-order chi connectivity index (χ0) is 20.0. The summed E-state index contributed by atoms with van der Waals surface area (Å²) in [6.07, 6.45) is 3.00. The maximum Gasteiger partial charge on any atom is 0.337 e. The number of pyridine rings is 1. The van der Waals surface area contributed by atoms with Gasteiger partial charge in [0.05, 0.1) is 23.7 Å². The number of aryl methyl sites for hydroxylation is 1. The van der Waals surface area contributed by atoms with Crippen LogP contribution in [0.15, 0.2) is 18.2 Å². The van der Waals surface area contributed by atoms with Gasteiger partial charge in [0.15, 0.2) is 5.82 Å². The number of benzene rings is 1. The fourth-order valence-corrected chi connectivity index (χ4v) is 3.10. The Kier molecular flexibility index (Phi) is 7.12. The van der Waals surface area contributed by atoms with E-state index in [9.17, 15) is 4.79 Å². The average molecular weight is 371 g/mol. The van der Waals surface area contributed by atoms with E-state index in [2.05, 4.69) is 16.5 Å². The Labute approximate surface area is 159 Å². The highest BCUT2D eigenvalue weighted by molar-refractivity contribution is 6.08. The van der Waals surface area contributed by atoms with Crippen LogP contribution in [0.4, 0.5) is 5.82 Å². The van der Waals surface area contributed by atoms with Crippen molar-refractivity contribution in [3.05, 3.63) is 29.6 Å². The van der Waals surface area contributed by atoms with E-state index in [1.54, 1.807) is 12.1 Å². The molecule has 7 nitrogen and oxygen atoms in total. The standard InChI is InChI=1S/C18H23N5O2.C2H6/c1-3-4-5-14-22-15-16(23(14)9-8-19)12-7-6-11(18(24)25-2)10-13(12)21-17(15)20;1-2/h6-7,10H,3-5,8-9,19H2,1-2H3,(H2,20,21);1-2H3. The summed E-state index contributed by atoms with van der Waals surface area (Å²) in [5, 5.41) is 0.903. The molecule has 4 N–H and O–H groups in total. The SMILES string of the molecule is CC.CCCCc1nc2c(N)nc3cc(C(=O)OC)ccc3c2n1CCN. The van der Waals surface area contributed by atoms with Gasteiger partial charge in [0, 0.05) is 24.9 Å². The van der Waals surface area contributed by atoms with Crippen LogP contribution in [-0.4, -0.2) is 34.2 Å². The Hall–Kier alpha value is -2.67. The minimum Gasteiger partial charge on any atom is -0.465 e. The maximum absolute atomic E-state index is 11.8. The molecule has 0 aliphatic heterocycles. The van der Waals surface area contributed by atoms with Crippen LogP contribution in [0.5, 0.6) is 0 Å². The van der Waals surface area contributed by atoms with Crippen LogP contribution in [0.2, 0.25) is 0 Å². The molecular weight excluding hydrogens is 342 g/mol. The Balaban J connectivity index is 0.00000126. The van der Waals surface area contributed by atoms with Gasteiger partial charge in [-0.15, -0.1) is 0 Å². The molecule has 1 aromatic carbocycles. The van der Waals surface area contributed by atoms with E-state index in [1.807, 2.05) is 19.9 Å². The molecular formula is C20H29N5O2. The van der Waals surface area contributed by atoms with Crippen molar-refractivity contribution in [3.63, 3.8) is 0 Å². The number of anilines is 1. The highest BCUT2D eigenvalue weighted by atomic mass is 16.5. The number of aromatic nitrogens is 3. The number of carbonyl (C=O) groups excluding carboxylic acids is 1. The zero-order valence-corrected chi connectivity index (χ0v) is 16.6. The summed E-state index contributed by atoms with van der Waals surface area (Å²) >= 11 is 0. The molecule has 7 heteroatoms. The second kappa shape index (κ2) is 9.32. The van der Waals surface area contributed by atoms with Crippen molar-refractivity contribution < 1.29 is 9.53 Å². The summed E-state index contributed by atoms with van der Waals surface area (Å²) in [4.78, 5) is 20.9. The van der Waals surface area contributed by atoms with Crippen molar-refractivity contribution in [2.24, 2.45) is 5.73 Å². The fourth-order valence-electron chi connectivity index (χ4n) is 3.10. The summed E-state index contributed by atoms with van der Waals surface area (Å²) in [6.45, 7) is 7.32. The lowest BCUT2D eigenvalue weighted by Gasteiger charge is -2.10. The monoisotopic (exact) mass is 371 g/mol. The van der Waals surface area contributed by atoms with Crippen LogP contribution in [0.1, 0.15) is 49.8 Å². The van der Waals surface area contributed by atoms with Gasteiger partial charge in [0.2, 0.25) is 0 Å².